The van der Waals surface area contributed by atoms with Crippen LogP contribution in [-0.2, 0) is 11.3 Å². The molecule has 0 saturated carbocycles. The van der Waals surface area contributed by atoms with Crippen molar-refractivity contribution in [2.75, 3.05) is 32.8 Å². The second-order valence-corrected chi connectivity index (χ2v) is 7.36. The summed E-state index contributed by atoms with van der Waals surface area (Å²) in [5.41, 5.74) is 1.42. The number of likely N-dealkylation sites (tertiary alicyclic amines) is 1. The first-order chi connectivity index (χ1) is 11.3. The summed E-state index contributed by atoms with van der Waals surface area (Å²) in [6.07, 6.45) is 4.70. The van der Waals surface area contributed by atoms with Crippen LogP contribution in [0.4, 0.5) is 4.79 Å². The first kappa shape index (κ1) is 16.7. The third kappa shape index (κ3) is 5.48. The van der Waals surface area contributed by atoms with Gasteiger partial charge in [-0.25, -0.2) is 4.79 Å². The first-order valence-electron chi connectivity index (χ1n) is 8.66. The molecule has 3 rings (SSSR count). The maximum atomic E-state index is 11.8. The van der Waals surface area contributed by atoms with Crippen molar-refractivity contribution >= 4 is 17.4 Å². The molecule has 2 aliphatic heterocycles. The quantitative estimate of drug-likeness (QED) is 0.838. The minimum atomic E-state index is -0.0544. The molecule has 2 fully saturated rings. The summed E-state index contributed by atoms with van der Waals surface area (Å²) in [5, 5.41) is 10.3. The van der Waals surface area contributed by atoms with Crippen LogP contribution in [0.15, 0.2) is 16.8 Å². The van der Waals surface area contributed by atoms with Gasteiger partial charge in [0.25, 0.3) is 0 Å². The molecule has 1 atom stereocenters. The Labute approximate surface area is 142 Å². The number of hydrogen-bond acceptors (Lipinski definition) is 4. The zero-order valence-electron chi connectivity index (χ0n) is 13.6. The third-order valence-electron chi connectivity index (χ3n) is 4.76. The molecule has 0 radical (unpaired) electrons. The van der Waals surface area contributed by atoms with E-state index < -0.39 is 0 Å². The molecule has 2 N–H and O–H groups in total. The van der Waals surface area contributed by atoms with Crippen molar-refractivity contribution in [2.24, 2.45) is 5.92 Å². The van der Waals surface area contributed by atoms with Gasteiger partial charge in [-0.05, 0) is 67.1 Å². The normalized spacial score (nSPS) is 23.0. The van der Waals surface area contributed by atoms with Crippen LogP contribution < -0.4 is 10.6 Å². The highest BCUT2D eigenvalue weighted by Crippen LogP contribution is 2.19. The van der Waals surface area contributed by atoms with E-state index in [1.54, 1.807) is 11.3 Å². The summed E-state index contributed by atoms with van der Waals surface area (Å²) in [6.45, 7) is 5.55. The number of hydrogen-bond donors (Lipinski definition) is 2. The number of thiophene rings is 1. The van der Waals surface area contributed by atoms with E-state index in [2.05, 4.69) is 32.4 Å². The van der Waals surface area contributed by atoms with Crippen molar-refractivity contribution in [3.8, 4) is 0 Å². The maximum Gasteiger partial charge on any atom is 0.314 e. The van der Waals surface area contributed by atoms with Gasteiger partial charge in [-0.2, -0.15) is 11.3 Å². The monoisotopic (exact) mass is 337 g/mol. The molecule has 3 heterocycles. The first-order valence-corrected chi connectivity index (χ1v) is 9.60. The summed E-state index contributed by atoms with van der Waals surface area (Å²) >= 11 is 1.76. The van der Waals surface area contributed by atoms with Crippen molar-refractivity contribution in [1.29, 1.82) is 0 Å². The van der Waals surface area contributed by atoms with E-state index in [-0.39, 0.29) is 12.1 Å². The van der Waals surface area contributed by atoms with Gasteiger partial charge < -0.3 is 15.4 Å². The van der Waals surface area contributed by atoms with E-state index in [4.69, 9.17) is 4.74 Å². The lowest BCUT2D eigenvalue weighted by atomic mass is 9.96. The molecule has 0 unspecified atom stereocenters. The molecule has 2 aliphatic rings. The lowest BCUT2D eigenvalue weighted by Crippen LogP contribution is -2.43. The smallest absolute Gasteiger partial charge is 0.314 e. The number of piperidine rings is 1. The summed E-state index contributed by atoms with van der Waals surface area (Å²) in [4.78, 5) is 14.3. The van der Waals surface area contributed by atoms with E-state index in [1.807, 2.05) is 0 Å². The number of carbonyl (C=O) groups is 1. The Balaban J connectivity index is 1.27. The number of ether oxygens (including phenoxy) is 1. The highest BCUT2D eigenvalue weighted by atomic mass is 32.1. The maximum absolute atomic E-state index is 11.8. The van der Waals surface area contributed by atoms with E-state index in [0.717, 1.165) is 58.5 Å². The molecule has 1 aromatic rings. The Hall–Kier alpha value is -1.11. The molecular weight excluding hydrogens is 310 g/mol. The molecule has 23 heavy (non-hydrogen) atoms. The molecule has 128 valence electrons. The fourth-order valence-electron chi connectivity index (χ4n) is 3.30. The predicted molar refractivity (Wildman–Crippen MR) is 92.7 cm³/mol. The van der Waals surface area contributed by atoms with Gasteiger partial charge in [-0.15, -0.1) is 0 Å². The lowest BCUT2D eigenvalue weighted by Gasteiger charge is -2.31. The standard InChI is InChI=1S/C17H27N3O2S/c21-17(19-11-16-2-1-8-22-16)18-10-14-3-6-20(7-4-14)12-15-5-9-23-13-15/h5,9,13-14,16H,1-4,6-8,10-12H2,(H2,18,19,21)/t16-/m1/s1. The molecule has 0 spiro atoms. The second kappa shape index (κ2) is 8.66. The van der Waals surface area contributed by atoms with Crippen LogP contribution >= 0.6 is 11.3 Å². The van der Waals surface area contributed by atoms with Crippen LogP contribution in [0.25, 0.3) is 0 Å². The number of amides is 2. The number of carbonyl (C=O) groups excluding carboxylic acids is 1. The third-order valence-corrected chi connectivity index (χ3v) is 5.49. The number of nitrogens with zero attached hydrogens (tertiary/aromatic N) is 1. The van der Waals surface area contributed by atoms with E-state index in [0.29, 0.717) is 12.5 Å². The van der Waals surface area contributed by atoms with Crippen LogP contribution in [-0.4, -0.2) is 49.8 Å². The van der Waals surface area contributed by atoms with Crippen molar-refractivity contribution in [2.45, 2.75) is 38.3 Å². The highest BCUT2D eigenvalue weighted by molar-refractivity contribution is 7.07. The Kier molecular flexibility index (Phi) is 6.30. The SMILES string of the molecule is O=C(NCC1CCN(Cc2ccsc2)CC1)NC[C@H]1CCCO1. The lowest BCUT2D eigenvalue weighted by molar-refractivity contribution is 0.111. The Morgan fingerprint density at radius 1 is 1.26 bits per heavy atom. The molecule has 0 bridgehead atoms. The van der Waals surface area contributed by atoms with Crippen LogP contribution in [0.3, 0.4) is 0 Å². The minimum Gasteiger partial charge on any atom is -0.376 e. The minimum absolute atomic E-state index is 0.0544. The number of nitrogens with one attached hydrogen (secondary N) is 2. The molecule has 5 nitrogen and oxygen atoms in total. The van der Waals surface area contributed by atoms with Crippen LogP contribution in [0, 0.1) is 5.92 Å². The van der Waals surface area contributed by atoms with E-state index in [9.17, 15) is 4.79 Å². The van der Waals surface area contributed by atoms with Gasteiger partial charge in [-0.1, -0.05) is 0 Å². The summed E-state index contributed by atoms with van der Waals surface area (Å²) in [5.74, 6) is 0.599. The Morgan fingerprint density at radius 2 is 2.09 bits per heavy atom. The van der Waals surface area contributed by atoms with E-state index in [1.165, 1.54) is 5.56 Å². The van der Waals surface area contributed by atoms with Crippen molar-refractivity contribution < 1.29 is 9.53 Å². The van der Waals surface area contributed by atoms with Gasteiger partial charge in [-0.3, -0.25) is 4.90 Å². The highest BCUT2D eigenvalue weighted by Gasteiger charge is 2.20. The van der Waals surface area contributed by atoms with Gasteiger partial charge in [0, 0.05) is 26.2 Å². The van der Waals surface area contributed by atoms with Crippen LogP contribution in [0.2, 0.25) is 0 Å². The number of urea groups is 1. The van der Waals surface area contributed by atoms with Crippen LogP contribution in [0.1, 0.15) is 31.2 Å². The van der Waals surface area contributed by atoms with Gasteiger partial charge in [0.2, 0.25) is 0 Å². The second-order valence-electron chi connectivity index (χ2n) is 6.58. The van der Waals surface area contributed by atoms with Gasteiger partial charge in [0.05, 0.1) is 6.10 Å². The summed E-state index contributed by atoms with van der Waals surface area (Å²) in [7, 11) is 0. The zero-order valence-corrected chi connectivity index (χ0v) is 14.4. The van der Waals surface area contributed by atoms with Gasteiger partial charge in [0.15, 0.2) is 0 Å². The Bertz CT molecular complexity index is 466. The average molecular weight is 337 g/mol. The van der Waals surface area contributed by atoms with Crippen molar-refractivity contribution in [3.05, 3.63) is 22.4 Å². The zero-order chi connectivity index (χ0) is 15.9. The van der Waals surface area contributed by atoms with Crippen LogP contribution in [0.5, 0.6) is 0 Å². The fourth-order valence-corrected chi connectivity index (χ4v) is 3.96. The average Bonchev–Trinajstić information content (AvgIpc) is 3.26. The predicted octanol–water partition coefficient (Wildman–Crippen LogP) is 2.44. The molecule has 2 saturated heterocycles. The molecule has 0 aromatic carbocycles. The number of rotatable bonds is 6. The molecule has 1 aromatic heterocycles. The van der Waals surface area contributed by atoms with Gasteiger partial charge in [0.1, 0.15) is 0 Å². The largest absolute Gasteiger partial charge is 0.376 e. The molecule has 0 aliphatic carbocycles. The molecule has 6 heteroatoms. The molecular formula is C17H27N3O2S. The van der Waals surface area contributed by atoms with Crippen molar-refractivity contribution in [3.63, 3.8) is 0 Å². The molecule has 2 amide bonds. The van der Waals surface area contributed by atoms with Crippen molar-refractivity contribution in [1.82, 2.24) is 15.5 Å². The van der Waals surface area contributed by atoms with E-state index >= 15 is 0 Å². The Morgan fingerprint density at radius 3 is 2.78 bits per heavy atom. The summed E-state index contributed by atoms with van der Waals surface area (Å²) in [6, 6.07) is 2.15. The van der Waals surface area contributed by atoms with Gasteiger partial charge >= 0.3 is 6.03 Å². The summed E-state index contributed by atoms with van der Waals surface area (Å²) < 4.78 is 5.51. The fraction of sp³-hybridized carbons (Fsp3) is 0.706. The topological polar surface area (TPSA) is 53.6 Å².